The van der Waals surface area contributed by atoms with Gasteiger partial charge in [-0.25, -0.2) is 0 Å². The molecule has 3 N–H and O–H groups in total. The molecule has 0 spiro atoms. The number of hydrogen-bond donors (Lipinski definition) is 2. The molecule has 0 aromatic heterocycles. The molecule has 0 heterocycles. The lowest BCUT2D eigenvalue weighted by molar-refractivity contribution is 1.55. The summed E-state index contributed by atoms with van der Waals surface area (Å²) in [5.41, 5.74) is 8.50. The molecule has 0 atom stereocenters. The third kappa shape index (κ3) is 3.50. The number of rotatable bonds is 2. The summed E-state index contributed by atoms with van der Waals surface area (Å²) in [5.74, 6) is 0. The topological polar surface area (TPSA) is 38.0 Å². The Hall–Kier alpha value is -2.22. The van der Waals surface area contributed by atoms with Crippen LogP contribution in [-0.4, -0.2) is 0 Å². The zero-order chi connectivity index (χ0) is 11.8. The summed E-state index contributed by atoms with van der Waals surface area (Å²) >= 11 is 0. The lowest BCUT2D eigenvalue weighted by atomic mass is 10.2. The minimum absolute atomic E-state index is 0.781. The van der Waals surface area contributed by atoms with Crippen LogP contribution in [0.4, 0.5) is 17.1 Å². The van der Waals surface area contributed by atoms with E-state index in [1.165, 1.54) is 0 Å². The van der Waals surface area contributed by atoms with Crippen LogP contribution in [-0.2, 0) is 0 Å². The predicted octanol–water partition coefficient (Wildman–Crippen LogP) is 3.81. The maximum absolute atomic E-state index is 5.59. The molecule has 0 bridgehead atoms. The van der Waals surface area contributed by atoms with E-state index in [-0.39, 0.29) is 0 Å². The molecule has 82 valence electrons. The monoisotopic (exact) mass is 212 g/mol. The number of hydrogen-bond acceptors (Lipinski definition) is 2. The molecule has 2 aromatic rings. The minimum atomic E-state index is 0.781. The maximum Gasteiger partial charge on any atom is 0.0385 e. The van der Waals surface area contributed by atoms with Crippen molar-refractivity contribution in [2.24, 2.45) is 0 Å². The van der Waals surface area contributed by atoms with Crippen molar-refractivity contribution in [3.05, 3.63) is 67.8 Å². The van der Waals surface area contributed by atoms with Crippen molar-refractivity contribution >= 4 is 17.1 Å². The smallest absolute Gasteiger partial charge is 0.0385 e. The standard InChI is InChI=1S/C12H12N2.C2H4/c13-10-6-8-12(9-7-10)14-11-4-2-1-3-5-11;1-2/h1-9,14H,13H2;1-2H2. The molecule has 0 saturated carbocycles. The van der Waals surface area contributed by atoms with Gasteiger partial charge in [0.2, 0.25) is 0 Å². The Morgan fingerprint density at radius 3 is 1.81 bits per heavy atom. The number of nitrogen functional groups attached to an aromatic ring is 1. The van der Waals surface area contributed by atoms with E-state index in [4.69, 9.17) is 5.73 Å². The van der Waals surface area contributed by atoms with Crippen LogP contribution in [0, 0.1) is 0 Å². The van der Waals surface area contributed by atoms with Gasteiger partial charge in [-0.1, -0.05) is 18.2 Å². The van der Waals surface area contributed by atoms with E-state index in [1.807, 2.05) is 54.6 Å². The Bertz CT molecular complexity index is 407. The molecule has 0 aliphatic heterocycles. The van der Waals surface area contributed by atoms with Gasteiger partial charge in [0.1, 0.15) is 0 Å². The highest BCUT2D eigenvalue weighted by molar-refractivity contribution is 5.61. The predicted molar refractivity (Wildman–Crippen MR) is 71.8 cm³/mol. The van der Waals surface area contributed by atoms with Gasteiger partial charge in [-0.05, 0) is 36.4 Å². The third-order valence-electron chi connectivity index (χ3n) is 1.97. The molecule has 0 amide bonds. The first-order valence-corrected chi connectivity index (χ1v) is 5.02. The summed E-state index contributed by atoms with van der Waals surface area (Å²) in [4.78, 5) is 0. The molecule has 0 aliphatic rings. The van der Waals surface area contributed by atoms with E-state index >= 15 is 0 Å². The van der Waals surface area contributed by atoms with Gasteiger partial charge in [0.05, 0.1) is 0 Å². The summed E-state index contributed by atoms with van der Waals surface area (Å²) in [5, 5.41) is 3.28. The molecule has 0 unspecified atom stereocenters. The number of nitrogens with two attached hydrogens (primary N) is 1. The van der Waals surface area contributed by atoms with Gasteiger partial charge in [-0.2, -0.15) is 0 Å². The van der Waals surface area contributed by atoms with E-state index in [9.17, 15) is 0 Å². The van der Waals surface area contributed by atoms with Crippen LogP contribution in [0.5, 0.6) is 0 Å². The number of nitrogens with one attached hydrogen (secondary N) is 1. The van der Waals surface area contributed by atoms with E-state index in [0.717, 1.165) is 17.1 Å². The highest BCUT2D eigenvalue weighted by atomic mass is 14.9. The fourth-order valence-corrected chi connectivity index (χ4v) is 1.25. The first-order chi connectivity index (χ1) is 7.84. The second kappa shape index (κ2) is 6.30. The highest BCUT2D eigenvalue weighted by Gasteiger charge is 1.92. The lowest BCUT2D eigenvalue weighted by Crippen LogP contribution is -1.90. The molecule has 16 heavy (non-hydrogen) atoms. The fourth-order valence-electron chi connectivity index (χ4n) is 1.25. The Labute approximate surface area is 96.4 Å². The van der Waals surface area contributed by atoms with Gasteiger partial charge in [-0.3, -0.25) is 0 Å². The van der Waals surface area contributed by atoms with E-state index < -0.39 is 0 Å². The van der Waals surface area contributed by atoms with Crippen molar-refractivity contribution in [2.75, 3.05) is 11.1 Å². The molecule has 0 radical (unpaired) electrons. The molecule has 2 nitrogen and oxygen atoms in total. The lowest BCUT2D eigenvalue weighted by Gasteiger charge is -2.05. The van der Waals surface area contributed by atoms with Gasteiger partial charge in [0, 0.05) is 17.1 Å². The number of anilines is 3. The van der Waals surface area contributed by atoms with Crippen molar-refractivity contribution in [3.8, 4) is 0 Å². The molecule has 2 heteroatoms. The molecular weight excluding hydrogens is 196 g/mol. The summed E-state index contributed by atoms with van der Waals surface area (Å²) in [6.07, 6.45) is 0. The van der Waals surface area contributed by atoms with Crippen molar-refractivity contribution < 1.29 is 0 Å². The summed E-state index contributed by atoms with van der Waals surface area (Å²) in [6, 6.07) is 17.7. The molecule has 0 saturated heterocycles. The number of benzene rings is 2. The van der Waals surface area contributed by atoms with Crippen LogP contribution < -0.4 is 11.1 Å². The maximum atomic E-state index is 5.59. The van der Waals surface area contributed by atoms with Gasteiger partial charge >= 0.3 is 0 Å². The molecule has 2 rings (SSSR count). The van der Waals surface area contributed by atoms with E-state index in [2.05, 4.69) is 18.5 Å². The Morgan fingerprint density at radius 2 is 1.25 bits per heavy atom. The van der Waals surface area contributed by atoms with Gasteiger partial charge in [-0.15, -0.1) is 13.2 Å². The van der Waals surface area contributed by atoms with Crippen LogP contribution >= 0.6 is 0 Å². The van der Waals surface area contributed by atoms with E-state index in [1.54, 1.807) is 0 Å². The first-order valence-electron chi connectivity index (χ1n) is 5.02. The van der Waals surface area contributed by atoms with Crippen molar-refractivity contribution in [1.82, 2.24) is 0 Å². The zero-order valence-corrected chi connectivity index (χ0v) is 9.19. The second-order valence-corrected chi connectivity index (χ2v) is 3.11. The number of para-hydroxylation sites is 1. The van der Waals surface area contributed by atoms with Crippen LogP contribution in [0.1, 0.15) is 0 Å². The van der Waals surface area contributed by atoms with Gasteiger partial charge in [0.25, 0.3) is 0 Å². The fraction of sp³-hybridized carbons (Fsp3) is 0. The Balaban J connectivity index is 0.000000606. The van der Waals surface area contributed by atoms with Crippen molar-refractivity contribution in [2.45, 2.75) is 0 Å². The quantitative estimate of drug-likeness (QED) is 0.586. The summed E-state index contributed by atoms with van der Waals surface area (Å²) < 4.78 is 0. The average molecular weight is 212 g/mol. The average Bonchev–Trinajstić information content (AvgIpc) is 2.36. The Morgan fingerprint density at radius 1 is 0.750 bits per heavy atom. The minimum Gasteiger partial charge on any atom is -0.399 e. The molecule has 0 fully saturated rings. The summed E-state index contributed by atoms with van der Waals surface area (Å²) in [7, 11) is 0. The SMILES string of the molecule is C=C.Nc1ccc(Nc2ccccc2)cc1. The zero-order valence-electron chi connectivity index (χ0n) is 9.19. The Kier molecular flexibility index (Phi) is 4.67. The highest BCUT2D eigenvalue weighted by Crippen LogP contribution is 2.16. The molecule has 2 aromatic carbocycles. The van der Waals surface area contributed by atoms with Gasteiger partial charge < -0.3 is 11.1 Å². The molecule has 0 aliphatic carbocycles. The van der Waals surface area contributed by atoms with E-state index in [0.29, 0.717) is 0 Å². The van der Waals surface area contributed by atoms with Gasteiger partial charge in [0.15, 0.2) is 0 Å². The first kappa shape index (κ1) is 11.9. The molecular formula is C14H16N2. The van der Waals surface area contributed by atoms with Crippen LogP contribution in [0.2, 0.25) is 0 Å². The van der Waals surface area contributed by atoms with Crippen LogP contribution in [0.25, 0.3) is 0 Å². The van der Waals surface area contributed by atoms with Crippen LogP contribution in [0.15, 0.2) is 67.8 Å². The normalized spacial score (nSPS) is 8.75. The van der Waals surface area contributed by atoms with Crippen molar-refractivity contribution in [3.63, 3.8) is 0 Å². The van der Waals surface area contributed by atoms with Crippen LogP contribution in [0.3, 0.4) is 0 Å². The summed E-state index contributed by atoms with van der Waals surface area (Å²) in [6.45, 7) is 6.00. The van der Waals surface area contributed by atoms with Crippen molar-refractivity contribution in [1.29, 1.82) is 0 Å². The second-order valence-electron chi connectivity index (χ2n) is 3.11. The third-order valence-corrected chi connectivity index (χ3v) is 1.97. The largest absolute Gasteiger partial charge is 0.399 e.